The Bertz CT molecular complexity index is 863. The van der Waals surface area contributed by atoms with Crippen molar-refractivity contribution >= 4 is 34.8 Å². The van der Waals surface area contributed by atoms with E-state index in [2.05, 4.69) is 10.1 Å². The second-order valence-electron chi connectivity index (χ2n) is 5.62. The molecule has 0 spiro atoms. The van der Waals surface area contributed by atoms with Gasteiger partial charge >= 0.3 is 6.61 Å². The second kappa shape index (κ2) is 8.22. The van der Waals surface area contributed by atoms with E-state index in [0.29, 0.717) is 17.1 Å². The van der Waals surface area contributed by atoms with Crippen molar-refractivity contribution in [2.45, 2.75) is 13.0 Å². The molecule has 0 saturated heterocycles. The quantitative estimate of drug-likeness (QED) is 0.808. The number of alkyl halides is 2. The molecule has 2 aromatic carbocycles. The summed E-state index contributed by atoms with van der Waals surface area (Å²) in [6.07, 6.45) is 0.0347. The number of anilines is 2. The third kappa shape index (κ3) is 4.65. The van der Waals surface area contributed by atoms with Crippen molar-refractivity contribution in [2.24, 2.45) is 0 Å². The molecule has 6 nitrogen and oxygen atoms in total. The minimum atomic E-state index is -2.99. The summed E-state index contributed by atoms with van der Waals surface area (Å²) in [5.74, 6) is -0.192. The molecule has 1 N–H and O–H groups in total. The maximum absolute atomic E-state index is 12.2. The van der Waals surface area contributed by atoms with E-state index < -0.39 is 6.61 Å². The lowest BCUT2D eigenvalue weighted by atomic mass is 10.2. The third-order valence-electron chi connectivity index (χ3n) is 3.80. The van der Waals surface area contributed by atoms with Crippen molar-refractivity contribution in [3.05, 3.63) is 47.5 Å². The number of halogens is 3. The van der Waals surface area contributed by atoms with Crippen molar-refractivity contribution < 1.29 is 27.8 Å². The average Bonchev–Trinajstić information content (AvgIpc) is 2.63. The summed E-state index contributed by atoms with van der Waals surface area (Å²) < 4.78 is 34.1. The number of benzene rings is 2. The third-order valence-corrected chi connectivity index (χ3v) is 4.10. The van der Waals surface area contributed by atoms with Crippen LogP contribution in [0.2, 0.25) is 5.02 Å². The summed E-state index contributed by atoms with van der Waals surface area (Å²) >= 11 is 5.85. The Morgan fingerprint density at radius 2 is 2.07 bits per heavy atom. The number of carbonyl (C=O) groups is 2. The van der Waals surface area contributed by atoms with Crippen LogP contribution >= 0.6 is 11.6 Å². The number of hydrogen-bond donors (Lipinski definition) is 1. The molecule has 0 aliphatic carbocycles. The van der Waals surface area contributed by atoms with Crippen molar-refractivity contribution in [2.75, 3.05) is 23.4 Å². The van der Waals surface area contributed by atoms with Gasteiger partial charge < -0.3 is 19.7 Å². The molecular weight excluding hydrogens is 382 g/mol. The van der Waals surface area contributed by atoms with Crippen LogP contribution in [0.5, 0.6) is 11.5 Å². The van der Waals surface area contributed by atoms with Crippen LogP contribution in [0.15, 0.2) is 42.5 Å². The molecule has 1 aliphatic rings. The van der Waals surface area contributed by atoms with Gasteiger partial charge in [-0.1, -0.05) is 23.7 Å². The largest absolute Gasteiger partial charge is 0.482 e. The molecule has 9 heteroatoms. The normalized spacial score (nSPS) is 13.2. The van der Waals surface area contributed by atoms with Crippen LogP contribution in [-0.4, -0.2) is 31.6 Å². The standard InChI is InChI=1S/C18H15ClF2N2O4/c19-12-9-11(5-6-14(12)27-18(20)21)22-16(24)7-8-23-13-3-1-2-4-15(13)26-10-17(23)25/h1-6,9,18H,7-8,10H2,(H,22,24). The van der Waals surface area contributed by atoms with Gasteiger partial charge in [-0.25, -0.2) is 0 Å². The summed E-state index contributed by atoms with van der Waals surface area (Å²) in [7, 11) is 0. The number of nitrogens with zero attached hydrogens (tertiary/aromatic N) is 1. The fourth-order valence-corrected chi connectivity index (χ4v) is 2.83. The maximum atomic E-state index is 12.2. The summed E-state index contributed by atoms with van der Waals surface area (Å²) in [5.41, 5.74) is 0.943. The number of rotatable bonds is 6. The predicted molar refractivity (Wildman–Crippen MR) is 95.6 cm³/mol. The van der Waals surface area contributed by atoms with Crippen LogP contribution in [0.25, 0.3) is 0 Å². The fraction of sp³-hybridized carbons (Fsp3) is 0.222. The Morgan fingerprint density at radius 3 is 2.81 bits per heavy atom. The Balaban J connectivity index is 1.60. The summed E-state index contributed by atoms with van der Waals surface area (Å²) in [5, 5.41) is 2.56. The van der Waals surface area contributed by atoms with Crippen LogP contribution in [0.1, 0.15) is 6.42 Å². The summed E-state index contributed by atoms with van der Waals surface area (Å²) in [6, 6.07) is 11.0. The van der Waals surface area contributed by atoms with Gasteiger partial charge in [-0.2, -0.15) is 8.78 Å². The van der Waals surface area contributed by atoms with Gasteiger partial charge in [0.25, 0.3) is 5.91 Å². The van der Waals surface area contributed by atoms with E-state index in [1.54, 1.807) is 24.3 Å². The number of fused-ring (bicyclic) bond motifs is 1. The average molecular weight is 397 g/mol. The molecule has 142 valence electrons. The highest BCUT2D eigenvalue weighted by molar-refractivity contribution is 6.32. The lowest BCUT2D eigenvalue weighted by Crippen LogP contribution is -2.40. The number of para-hydroxylation sites is 2. The zero-order valence-electron chi connectivity index (χ0n) is 14.0. The van der Waals surface area contributed by atoms with E-state index >= 15 is 0 Å². The van der Waals surface area contributed by atoms with E-state index in [-0.39, 0.29) is 42.2 Å². The molecule has 0 fully saturated rings. The predicted octanol–water partition coefficient (Wildman–Crippen LogP) is 3.70. The molecule has 0 saturated carbocycles. The van der Waals surface area contributed by atoms with Crippen molar-refractivity contribution in [1.82, 2.24) is 0 Å². The number of amides is 2. The van der Waals surface area contributed by atoms with E-state index in [0.717, 1.165) is 0 Å². The van der Waals surface area contributed by atoms with E-state index in [9.17, 15) is 18.4 Å². The van der Waals surface area contributed by atoms with Gasteiger partial charge in [0.2, 0.25) is 5.91 Å². The van der Waals surface area contributed by atoms with Gasteiger partial charge in [0.05, 0.1) is 10.7 Å². The molecule has 3 rings (SSSR count). The molecule has 0 radical (unpaired) electrons. The molecule has 1 aliphatic heterocycles. The van der Waals surface area contributed by atoms with Crippen molar-refractivity contribution in [3.8, 4) is 11.5 Å². The Kier molecular flexibility index (Phi) is 5.75. The number of ether oxygens (including phenoxy) is 2. The maximum Gasteiger partial charge on any atom is 0.387 e. The van der Waals surface area contributed by atoms with Crippen molar-refractivity contribution in [3.63, 3.8) is 0 Å². The van der Waals surface area contributed by atoms with E-state index in [1.807, 2.05) is 0 Å². The number of nitrogens with one attached hydrogen (secondary N) is 1. The first-order valence-corrected chi connectivity index (χ1v) is 8.38. The van der Waals surface area contributed by atoms with Crippen LogP contribution < -0.4 is 19.7 Å². The van der Waals surface area contributed by atoms with Gasteiger partial charge in [-0.3, -0.25) is 9.59 Å². The smallest absolute Gasteiger partial charge is 0.387 e. The zero-order chi connectivity index (χ0) is 19.4. The SMILES string of the molecule is O=C(CCN1C(=O)COc2ccccc21)Nc1ccc(OC(F)F)c(Cl)c1. The van der Waals surface area contributed by atoms with Crippen LogP contribution in [0.4, 0.5) is 20.2 Å². The second-order valence-corrected chi connectivity index (χ2v) is 6.03. The number of hydrogen-bond acceptors (Lipinski definition) is 4. The van der Waals surface area contributed by atoms with Gasteiger partial charge in [0.1, 0.15) is 11.5 Å². The first kappa shape index (κ1) is 18.9. The van der Waals surface area contributed by atoms with Gasteiger partial charge in [-0.05, 0) is 30.3 Å². The van der Waals surface area contributed by atoms with E-state index in [1.165, 1.54) is 23.1 Å². The van der Waals surface area contributed by atoms with Crippen LogP contribution in [-0.2, 0) is 9.59 Å². The highest BCUT2D eigenvalue weighted by Crippen LogP contribution is 2.32. The molecular formula is C18H15ClF2N2O4. The van der Waals surface area contributed by atoms with Crippen molar-refractivity contribution in [1.29, 1.82) is 0 Å². The minimum absolute atomic E-state index is 0.0347. The first-order chi connectivity index (χ1) is 12.9. The molecule has 2 amide bonds. The molecule has 0 unspecified atom stereocenters. The van der Waals surface area contributed by atoms with Gasteiger partial charge in [0.15, 0.2) is 6.61 Å². The van der Waals surface area contributed by atoms with E-state index in [4.69, 9.17) is 16.3 Å². The Morgan fingerprint density at radius 1 is 1.30 bits per heavy atom. The summed E-state index contributed by atoms with van der Waals surface area (Å²) in [4.78, 5) is 25.7. The molecule has 0 bridgehead atoms. The highest BCUT2D eigenvalue weighted by Gasteiger charge is 2.25. The topological polar surface area (TPSA) is 67.9 Å². The Labute approximate surface area is 158 Å². The monoisotopic (exact) mass is 396 g/mol. The Hall–Kier alpha value is -2.87. The van der Waals surface area contributed by atoms with Gasteiger partial charge in [-0.15, -0.1) is 0 Å². The molecule has 27 heavy (non-hydrogen) atoms. The first-order valence-electron chi connectivity index (χ1n) is 8.00. The highest BCUT2D eigenvalue weighted by atomic mass is 35.5. The number of carbonyl (C=O) groups excluding carboxylic acids is 2. The minimum Gasteiger partial charge on any atom is -0.482 e. The zero-order valence-corrected chi connectivity index (χ0v) is 14.7. The summed E-state index contributed by atoms with van der Waals surface area (Å²) in [6.45, 7) is -2.90. The lowest BCUT2D eigenvalue weighted by Gasteiger charge is -2.29. The van der Waals surface area contributed by atoms with Crippen LogP contribution in [0.3, 0.4) is 0 Å². The fourth-order valence-electron chi connectivity index (χ4n) is 2.61. The lowest BCUT2D eigenvalue weighted by molar-refractivity contribution is -0.121. The molecule has 2 aromatic rings. The molecule has 0 atom stereocenters. The van der Waals surface area contributed by atoms with Crippen LogP contribution in [0, 0.1) is 0 Å². The molecule has 0 aromatic heterocycles. The van der Waals surface area contributed by atoms with Gasteiger partial charge in [0, 0.05) is 18.7 Å². The molecule has 1 heterocycles.